The van der Waals surface area contributed by atoms with Crippen LogP contribution in [-0.4, -0.2) is 8.07 Å². The molecule has 0 radical (unpaired) electrons. The van der Waals surface area contributed by atoms with Crippen molar-refractivity contribution in [2.45, 2.75) is 51.9 Å². The van der Waals surface area contributed by atoms with Gasteiger partial charge in [-0.15, -0.1) is 22.7 Å². The Bertz CT molecular complexity index is 1370. The fraction of sp³-hybridized carbons (Fsp3) is 0.286. The molecule has 0 saturated heterocycles. The Labute approximate surface area is 194 Å². The van der Waals surface area contributed by atoms with Gasteiger partial charge in [0.2, 0.25) is 0 Å². The normalized spacial score (nSPS) is 17.7. The number of fused-ring (bicyclic) bond motifs is 6. The Balaban J connectivity index is 1.55. The average Bonchev–Trinajstić information content (AvgIpc) is 3.40. The van der Waals surface area contributed by atoms with Crippen LogP contribution in [0.4, 0.5) is 0 Å². The first-order chi connectivity index (χ1) is 14.8. The lowest BCUT2D eigenvalue weighted by molar-refractivity contribution is 1.01. The van der Waals surface area contributed by atoms with Gasteiger partial charge in [-0.25, -0.2) is 0 Å². The number of hydrogen-bond donors (Lipinski definition) is 0. The van der Waals surface area contributed by atoms with Gasteiger partial charge < -0.3 is 0 Å². The Morgan fingerprint density at radius 2 is 1.35 bits per heavy atom. The van der Waals surface area contributed by atoms with Crippen molar-refractivity contribution in [2.24, 2.45) is 0 Å². The molecule has 2 aliphatic carbocycles. The van der Waals surface area contributed by atoms with Gasteiger partial charge in [0.05, 0.1) is 8.07 Å². The molecule has 31 heavy (non-hydrogen) atoms. The third kappa shape index (κ3) is 2.70. The van der Waals surface area contributed by atoms with Crippen molar-refractivity contribution in [1.29, 1.82) is 0 Å². The summed E-state index contributed by atoms with van der Waals surface area (Å²) in [6, 6.07) is 16.6. The molecule has 156 valence electrons. The van der Waals surface area contributed by atoms with E-state index in [0.717, 1.165) is 0 Å². The van der Waals surface area contributed by atoms with Crippen LogP contribution in [0.3, 0.4) is 0 Å². The monoisotopic (exact) mass is 456 g/mol. The number of allylic oxidation sites excluding steroid dienone is 1. The molecule has 0 spiro atoms. The van der Waals surface area contributed by atoms with Crippen molar-refractivity contribution in [3.63, 3.8) is 0 Å². The molecule has 2 heterocycles. The van der Waals surface area contributed by atoms with E-state index in [2.05, 4.69) is 89.3 Å². The Kier molecular flexibility index (Phi) is 4.16. The van der Waals surface area contributed by atoms with Crippen molar-refractivity contribution < 1.29 is 0 Å². The minimum atomic E-state index is -1.78. The van der Waals surface area contributed by atoms with Crippen LogP contribution in [0.2, 0.25) is 13.1 Å². The van der Waals surface area contributed by atoms with Gasteiger partial charge in [-0.1, -0.05) is 60.6 Å². The van der Waals surface area contributed by atoms with E-state index in [-0.39, 0.29) is 0 Å². The lowest BCUT2D eigenvalue weighted by atomic mass is 9.99. The maximum Gasteiger partial charge on any atom is 0.0747 e. The second-order valence-corrected chi connectivity index (χ2v) is 17.5. The molecule has 0 N–H and O–H groups in total. The molecule has 3 heteroatoms. The zero-order chi connectivity index (χ0) is 21.7. The molecule has 0 saturated carbocycles. The molecule has 4 aromatic rings. The largest absolute Gasteiger partial charge is 0.145 e. The molecule has 0 fully saturated rings. The third-order valence-electron chi connectivity index (χ3n) is 7.46. The minimum absolute atomic E-state index is 0.570. The molecule has 2 aromatic heterocycles. The van der Waals surface area contributed by atoms with E-state index in [1.165, 1.54) is 42.8 Å². The van der Waals surface area contributed by atoms with Gasteiger partial charge in [-0.2, -0.15) is 0 Å². The highest BCUT2D eigenvalue weighted by Gasteiger charge is 2.49. The lowest BCUT2D eigenvalue weighted by Crippen LogP contribution is -2.41. The summed E-state index contributed by atoms with van der Waals surface area (Å²) in [7, 11) is -1.78. The van der Waals surface area contributed by atoms with E-state index in [1.807, 2.05) is 22.7 Å². The van der Waals surface area contributed by atoms with Gasteiger partial charge in [0, 0.05) is 30.6 Å². The van der Waals surface area contributed by atoms with Crippen LogP contribution < -0.4 is 0 Å². The van der Waals surface area contributed by atoms with Gasteiger partial charge in [0.25, 0.3) is 0 Å². The summed E-state index contributed by atoms with van der Waals surface area (Å²) in [5.41, 5.74) is 10.2. The molecular formula is C28H28S2Si. The van der Waals surface area contributed by atoms with E-state index in [0.29, 0.717) is 11.1 Å². The first-order valence-corrected chi connectivity index (χ1v) is 16.0. The number of thiophene rings is 2. The SMILES string of the molecule is CC1=Cc2c(ccc3ccc(C)cc23)C1[Si](C)(C)C1c2sc(C)cc2-c2cc(C)sc21. The summed E-state index contributed by atoms with van der Waals surface area (Å²) in [6.07, 6.45) is 2.51. The molecule has 1 atom stereocenters. The van der Waals surface area contributed by atoms with Crippen molar-refractivity contribution in [3.05, 3.63) is 84.2 Å². The van der Waals surface area contributed by atoms with Gasteiger partial charge in [0.15, 0.2) is 0 Å². The fourth-order valence-electron chi connectivity index (χ4n) is 6.31. The Hall–Kier alpha value is -1.94. The lowest BCUT2D eigenvalue weighted by Gasteiger charge is -2.37. The number of rotatable bonds is 2. The first kappa shape index (κ1) is 19.7. The third-order valence-corrected chi connectivity index (χ3v) is 14.4. The smallest absolute Gasteiger partial charge is 0.0747 e. The van der Waals surface area contributed by atoms with E-state index < -0.39 is 8.07 Å². The highest BCUT2D eigenvalue weighted by Crippen LogP contribution is 2.59. The van der Waals surface area contributed by atoms with E-state index >= 15 is 0 Å². The quantitative estimate of drug-likeness (QED) is 0.264. The van der Waals surface area contributed by atoms with Crippen LogP contribution in [0.5, 0.6) is 0 Å². The summed E-state index contributed by atoms with van der Waals surface area (Å²) >= 11 is 4.09. The topological polar surface area (TPSA) is 0 Å². The molecular weight excluding hydrogens is 429 g/mol. The van der Waals surface area contributed by atoms with Crippen LogP contribution >= 0.6 is 22.7 Å². The maximum atomic E-state index is 2.65. The number of aryl methyl sites for hydroxylation is 3. The maximum absolute atomic E-state index is 2.65. The summed E-state index contributed by atoms with van der Waals surface area (Å²) < 4.78 is 0. The summed E-state index contributed by atoms with van der Waals surface area (Å²) in [6.45, 7) is 14.4. The van der Waals surface area contributed by atoms with E-state index in [9.17, 15) is 0 Å². The number of benzene rings is 2. The minimum Gasteiger partial charge on any atom is -0.145 e. The van der Waals surface area contributed by atoms with Crippen LogP contribution in [0.15, 0.2) is 48.0 Å². The van der Waals surface area contributed by atoms with Crippen LogP contribution in [0.25, 0.3) is 28.0 Å². The summed E-state index contributed by atoms with van der Waals surface area (Å²) in [5, 5.41) is 2.79. The molecule has 0 bridgehead atoms. The van der Waals surface area contributed by atoms with Gasteiger partial charge in [0.1, 0.15) is 0 Å². The van der Waals surface area contributed by atoms with Crippen LogP contribution in [0, 0.1) is 20.8 Å². The predicted molar refractivity (Wildman–Crippen MR) is 142 cm³/mol. The summed E-state index contributed by atoms with van der Waals surface area (Å²) in [4.78, 5) is 6.20. The first-order valence-electron chi connectivity index (χ1n) is 11.2. The fourth-order valence-corrected chi connectivity index (χ4v) is 14.9. The molecule has 2 aromatic carbocycles. The second-order valence-electron chi connectivity index (χ2n) is 10.1. The average molecular weight is 457 g/mol. The molecule has 2 aliphatic rings. The van der Waals surface area contributed by atoms with Crippen molar-refractivity contribution in [1.82, 2.24) is 0 Å². The molecule has 1 unspecified atom stereocenters. The molecule has 6 rings (SSSR count). The molecule has 0 amide bonds. The molecule has 0 nitrogen and oxygen atoms in total. The van der Waals surface area contributed by atoms with Crippen molar-refractivity contribution >= 4 is 47.6 Å². The Morgan fingerprint density at radius 3 is 2.00 bits per heavy atom. The number of hydrogen-bond acceptors (Lipinski definition) is 2. The van der Waals surface area contributed by atoms with Crippen molar-refractivity contribution in [3.8, 4) is 11.1 Å². The Morgan fingerprint density at radius 1 is 0.742 bits per heavy atom. The molecule has 0 aliphatic heterocycles. The van der Waals surface area contributed by atoms with Crippen molar-refractivity contribution in [2.75, 3.05) is 0 Å². The van der Waals surface area contributed by atoms with E-state index in [4.69, 9.17) is 0 Å². The highest BCUT2D eigenvalue weighted by molar-refractivity contribution is 7.16. The predicted octanol–water partition coefficient (Wildman–Crippen LogP) is 8.99. The van der Waals surface area contributed by atoms with Gasteiger partial charge in [-0.05, 0) is 72.9 Å². The zero-order valence-electron chi connectivity index (χ0n) is 19.1. The van der Waals surface area contributed by atoms with Crippen LogP contribution in [-0.2, 0) is 0 Å². The second kappa shape index (κ2) is 6.54. The van der Waals surface area contributed by atoms with E-state index in [1.54, 1.807) is 20.9 Å². The zero-order valence-corrected chi connectivity index (χ0v) is 21.7. The van der Waals surface area contributed by atoms with Gasteiger partial charge >= 0.3 is 0 Å². The van der Waals surface area contributed by atoms with Gasteiger partial charge in [-0.3, -0.25) is 0 Å². The van der Waals surface area contributed by atoms with Crippen LogP contribution in [0.1, 0.15) is 54.2 Å². The standard InChI is InChI=1S/C28H28S2Si/c1-15-7-8-19-9-10-20-22(21(19)11-15)12-16(2)27(20)31(5,6)28-25-23(13-17(3)29-25)24-14-18(4)30-26(24)28/h7-14,27-28H,1-6H3. The highest BCUT2D eigenvalue weighted by atomic mass is 32.1. The summed E-state index contributed by atoms with van der Waals surface area (Å²) in [5.74, 6) is 0.